The summed E-state index contributed by atoms with van der Waals surface area (Å²) in [6, 6.07) is 18.2. The molecule has 180 valence electrons. The van der Waals surface area contributed by atoms with Crippen LogP contribution in [0.25, 0.3) is 16.8 Å². The normalized spacial score (nSPS) is 14.9. The van der Waals surface area contributed by atoms with Gasteiger partial charge in [-0.15, -0.1) is 0 Å². The van der Waals surface area contributed by atoms with Gasteiger partial charge in [-0.2, -0.15) is 5.10 Å². The van der Waals surface area contributed by atoms with Gasteiger partial charge in [0, 0.05) is 50.2 Å². The molecule has 0 aliphatic carbocycles. The Morgan fingerprint density at radius 3 is 2.31 bits per heavy atom. The molecule has 1 N–H and O–H groups in total. The molecule has 0 saturated carbocycles. The second-order valence-electron chi connectivity index (χ2n) is 9.18. The molecule has 2 aromatic heterocycles. The first-order valence-corrected chi connectivity index (χ1v) is 12.3. The van der Waals surface area contributed by atoms with E-state index in [4.69, 9.17) is 0 Å². The summed E-state index contributed by atoms with van der Waals surface area (Å²) in [4.78, 5) is 22.7. The zero-order valence-corrected chi connectivity index (χ0v) is 20.7. The first kappa shape index (κ1) is 23.2. The van der Waals surface area contributed by atoms with E-state index in [-0.39, 0.29) is 5.91 Å². The minimum absolute atomic E-state index is 0.185. The molecule has 0 unspecified atom stereocenters. The van der Waals surface area contributed by atoms with Crippen LogP contribution in [0.4, 0.5) is 5.69 Å². The molecule has 7 heteroatoms. The number of aryl methyl sites for hydroxylation is 2. The summed E-state index contributed by atoms with van der Waals surface area (Å²) in [5, 5.41) is 7.70. The molecule has 1 aliphatic rings. The van der Waals surface area contributed by atoms with Gasteiger partial charge in [0.2, 0.25) is 0 Å². The highest BCUT2D eigenvalue weighted by molar-refractivity contribution is 6.05. The van der Waals surface area contributed by atoms with Crippen LogP contribution in [-0.4, -0.2) is 63.0 Å². The molecule has 0 bridgehead atoms. The molecule has 1 saturated heterocycles. The average molecular weight is 469 g/mol. The summed E-state index contributed by atoms with van der Waals surface area (Å²) in [5.74, 6) is -0.185. The van der Waals surface area contributed by atoms with Crippen molar-refractivity contribution in [1.29, 1.82) is 0 Å². The molecule has 2 aromatic carbocycles. The third kappa shape index (κ3) is 4.83. The number of piperazine rings is 1. The van der Waals surface area contributed by atoms with Crippen LogP contribution in [0.15, 0.2) is 60.8 Å². The highest BCUT2D eigenvalue weighted by Crippen LogP contribution is 2.28. The molecule has 35 heavy (non-hydrogen) atoms. The highest BCUT2D eigenvalue weighted by Gasteiger charge is 2.19. The second kappa shape index (κ2) is 9.98. The Kier molecular flexibility index (Phi) is 6.61. The first-order valence-electron chi connectivity index (χ1n) is 12.3. The molecule has 3 heterocycles. The van der Waals surface area contributed by atoms with Crippen molar-refractivity contribution in [1.82, 2.24) is 24.4 Å². The van der Waals surface area contributed by atoms with Crippen LogP contribution >= 0.6 is 0 Å². The number of hydrogen-bond acceptors (Lipinski definition) is 5. The van der Waals surface area contributed by atoms with Gasteiger partial charge in [0.25, 0.3) is 5.91 Å². The standard InChI is InChI=1S/C28H32N6O/c1-4-32-14-16-33(17-15-32)19-22-10-12-24(13-11-22)30-28(35)25-18-29-27-26(23-8-6-5-7-9-23)20(2)31-34(27)21(25)3/h5-13,18H,4,14-17,19H2,1-3H3,(H,30,35). The van der Waals surface area contributed by atoms with Gasteiger partial charge in [-0.1, -0.05) is 49.4 Å². The van der Waals surface area contributed by atoms with E-state index in [1.165, 1.54) is 5.56 Å². The fourth-order valence-electron chi connectivity index (χ4n) is 4.78. The van der Waals surface area contributed by atoms with Crippen molar-refractivity contribution in [2.24, 2.45) is 0 Å². The van der Waals surface area contributed by atoms with E-state index in [0.717, 1.165) is 73.1 Å². The number of amides is 1. The quantitative estimate of drug-likeness (QED) is 0.454. The van der Waals surface area contributed by atoms with E-state index in [0.29, 0.717) is 5.56 Å². The third-order valence-electron chi connectivity index (χ3n) is 6.90. The smallest absolute Gasteiger partial charge is 0.259 e. The maximum Gasteiger partial charge on any atom is 0.259 e. The number of benzene rings is 2. The number of carbonyl (C=O) groups is 1. The van der Waals surface area contributed by atoms with Gasteiger partial charge in [-0.3, -0.25) is 9.69 Å². The lowest BCUT2D eigenvalue weighted by atomic mass is 10.1. The summed E-state index contributed by atoms with van der Waals surface area (Å²) in [6.45, 7) is 12.6. The predicted molar refractivity (Wildman–Crippen MR) is 140 cm³/mol. The second-order valence-corrected chi connectivity index (χ2v) is 9.18. The SMILES string of the molecule is CCN1CCN(Cc2ccc(NC(=O)c3cnc4c(-c5ccccc5)c(C)nn4c3C)cc2)CC1. The minimum Gasteiger partial charge on any atom is -0.322 e. The van der Waals surface area contributed by atoms with Gasteiger partial charge >= 0.3 is 0 Å². The van der Waals surface area contributed by atoms with Gasteiger partial charge in [-0.05, 0) is 43.7 Å². The molecule has 0 radical (unpaired) electrons. The monoisotopic (exact) mass is 468 g/mol. The fourth-order valence-corrected chi connectivity index (χ4v) is 4.78. The fraction of sp³-hybridized carbons (Fsp3) is 0.321. The van der Waals surface area contributed by atoms with Crippen LogP contribution in [0.5, 0.6) is 0 Å². The number of aromatic nitrogens is 3. The van der Waals surface area contributed by atoms with Crippen LogP contribution in [0.2, 0.25) is 0 Å². The summed E-state index contributed by atoms with van der Waals surface area (Å²) in [5.41, 5.74) is 7.01. The first-order chi connectivity index (χ1) is 17.0. The Hall–Kier alpha value is -3.55. The Bertz CT molecular complexity index is 1320. The van der Waals surface area contributed by atoms with E-state index in [1.54, 1.807) is 10.7 Å². The lowest BCUT2D eigenvalue weighted by Gasteiger charge is -2.34. The molecule has 7 nitrogen and oxygen atoms in total. The van der Waals surface area contributed by atoms with Crippen molar-refractivity contribution in [3.05, 3.63) is 83.3 Å². The molecule has 1 aliphatic heterocycles. The predicted octanol–water partition coefficient (Wildman–Crippen LogP) is 4.40. The van der Waals surface area contributed by atoms with Gasteiger partial charge in [-0.25, -0.2) is 9.50 Å². The number of nitrogens with zero attached hydrogens (tertiary/aromatic N) is 5. The maximum absolute atomic E-state index is 13.1. The van der Waals surface area contributed by atoms with Crippen LogP contribution in [0.1, 0.15) is 34.2 Å². The van der Waals surface area contributed by atoms with Crippen LogP contribution < -0.4 is 5.32 Å². The lowest BCUT2D eigenvalue weighted by molar-refractivity contribution is 0.102. The molecule has 1 fully saturated rings. The Labute approximate surface area is 206 Å². The number of anilines is 1. The van der Waals surface area contributed by atoms with Gasteiger partial charge in [0.1, 0.15) is 0 Å². The van der Waals surface area contributed by atoms with Crippen LogP contribution in [-0.2, 0) is 6.54 Å². The van der Waals surface area contributed by atoms with E-state index in [1.807, 2.05) is 44.2 Å². The van der Waals surface area contributed by atoms with Crippen molar-refractivity contribution in [2.75, 3.05) is 38.0 Å². The average Bonchev–Trinajstić information content (AvgIpc) is 3.23. The highest BCUT2D eigenvalue weighted by atomic mass is 16.1. The van der Waals surface area contributed by atoms with Gasteiger partial charge in [0.15, 0.2) is 5.65 Å². The summed E-state index contributed by atoms with van der Waals surface area (Å²) in [7, 11) is 0. The number of rotatable bonds is 6. The number of fused-ring (bicyclic) bond motifs is 1. The van der Waals surface area contributed by atoms with Crippen molar-refractivity contribution >= 4 is 17.2 Å². The maximum atomic E-state index is 13.1. The van der Waals surface area contributed by atoms with Crippen molar-refractivity contribution in [3.63, 3.8) is 0 Å². The summed E-state index contributed by atoms with van der Waals surface area (Å²) >= 11 is 0. The van der Waals surface area contributed by atoms with Crippen molar-refractivity contribution < 1.29 is 4.79 Å². The lowest BCUT2D eigenvalue weighted by Crippen LogP contribution is -2.45. The van der Waals surface area contributed by atoms with Gasteiger partial charge in [0.05, 0.1) is 17.0 Å². The zero-order valence-electron chi connectivity index (χ0n) is 20.7. The summed E-state index contributed by atoms with van der Waals surface area (Å²) < 4.78 is 1.77. The van der Waals surface area contributed by atoms with E-state index in [9.17, 15) is 4.79 Å². The largest absolute Gasteiger partial charge is 0.322 e. The zero-order chi connectivity index (χ0) is 24.4. The van der Waals surface area contributed by atoms with Gasteiger partial charge < -0.3 is 10.2 Å². The van der Waals surface area contributed by atoms with E-state index in [2.05, 4.69) is 56.4 Å². The third-order valence-corrected chi connectivity index (χ3v) is 6.90. The molecule has 4 aromatic rings. The van der Waals surface area contributed by atoms with Crippen molar-refractivity contribution in [2.45, 2.75) is 27.3 Å². The molecule has 0 atom stereocenters. The summed E-state index contributed by atoms with van der Waals surface area (Å²) in [6.07, 6.45) is 1.65. The Balaban J connectivity index is 1.29. The van der Waals surface area contributed by atoms with Crippen LogP contribution in [0, 0.1) is 13.8 Å². The number of carbonyl (C=O) groups excluding carboxylic acids is 1. The molecule has 0 spiro atoms. The van der Waals surface area contributed by atoms with E-state index < -0.39 is 0 Å². The topological polar surface area (TPSA) is 65.8 Å². The number of likely N-dealkylation sites (N-methyl/N-ethyl adjacent to an activating group) is 1. The van der Waals surface area contributed by atoms with Crippen LogP contribution in [0.3, 0.4) is 0 Å². The van der Waals surface area contributed by atoms with E-state index >= 15 is 0 Å². The molecular weight excluding hydrogens is 436 g/mol. The number of nitrogens with one attached hydrogen (secondary N) is 1. The van der Waals surface area contributed by atoms with Crippen molar-refractivity contribution in [3.8, 4) is 11.1 Å². The molecular formula is C28H32N6O. The Morgan fingerprint density at radius 2 is 1.63 bits per heavy atom. The Morgan fingerprint density at radius 1 is 0.943 bits per heavy atom. The molecule has 1 amide bonds. The number of hydrogen-bond donors (Lipinski definition) is 1. The molecule has 5 rings (SSSR count). The minimum atomic E-state index is -0.185.